The number of allylic oxidation sites excluding steroid dienone is 1. The van der Waals surface area contributed by atoms with Gasteiger partial charge in [0.15, 0.2) is 0 Å². The quantitative estimate of drug-likeness (QED) is 0.100. The summed E-state index contributed by atoms with van der Waals surface area (Å²) in [5, 5.41) is 9.55. The predicted molar refractivity (Wildman–Crippen MR) is 144 cm³/mol. The summed E-state index contributed by atoms with van der Waals surface area (Å²) in [6, 6.07) is 3.34. The van der Waals surface area contributed by atoms with E-state index in [1.807, 2.05) is 0 Å². The van der Waals surface area contributed by atoms with E-state index in [9.17, 15) is 48.8 Å². The van der Waals surface area contributed by atoms with Crippen molar-refractivity contribution in [3.63, 3.8) is 0 Å². The Kier molecular flexibility index (Phi) is 8.85. The summed E-state index contributed by atoms with van der Waals surface area (Å²) >= 11 is 0. The molecule has 3 aliphatic carbocycles. The van der Waals surface area contributed by atoms with Crippen molar-refractivity contribution in [2.75, 3.05) is 4.72 Å². The van der Waals surface area contributed by atoms with Gasteiger partial charge in [-0.15, -0.1) is 6.58 Å². The summed E-state index contributed by atoms with van der Waals surface area (Å²) in [4.78, 5) is 0. The molecular weight excluding hydrogens is 591 g/mol. The topological polar surface area (TPSA) is 86.6 Å². The zero-order chi connectivity index (χ0) is 31.4. The number of anilines is 1. The molecule has 0 saturated heterocycles. The lowest BCUT2D eigenvalue weighted by molar-refractivity contribution is -0.371. The van der Waals surface area contributed by atoms with Gasteiger partial charge in [0.05, 0.1) is 5.69 Å². The number of nitrogens with one attached hydrogen (secondary N) is 1. The normalized spacial score (nSPS) is 28.9. The fourth-order valence-corrected chi connectivity index (χ4v) is 8.61. The Hall–Kier alpha value is -1.86. The molecule has 4 rings (SSSR count). The maximum absolute atomic E-state index is 13.8. The van der Waals surface area contributed by atoms with Gasteiger partial charge >= 0.3 is 28.3 Å². The van der Waals surface area contributed by atoms with E-state index >= 15 is 0 Å². The van der Waals surface area contributed by atoms with Crippen LogP contribution in [0.15, 0.2) is 24.8 Å². The van der Waals surface area contributed by atoms with Crippen LogP contribution in [0.3, 0.4) is 0 Å². The summed E-state index contributed by atoms with van der Waals surface area (Å²) < 4.78 is 126. The monoisotopic (exact) mass is 629 g/mol. The molecule has 0 bridgehead atoms. The summed E-state index contributed by atoms with van der Waals surface area (Å²) in [5.74, 6) is -11.5. The number of halogens is 7. The molecule has 3 aliphatic rings. The van der Waals surface area contributed by atoms with Gasteiger partial charge in [0.25, 0.3) is 0 Å². The average molecular weight is 630 g/mol. The van der Waals surface area contributed by atoms with Gasteiger partial charge in [-0.25, -0.2) is 0 Å². The molecule has 2 fully saturated rings. The zero-order valence-electron chi connectivity index (χ0n) is 23.4. The van der Waals surface area contributed by atoms with Gasteiger partial charge in [0.1, 0.15) is 6.10 Å². The molecule has 0 spiro atoms. The van der Waals surface area contributed by atoms with E-state index < -0.39 is 40.9 Å². The second-order valence-corrected chi connectivity index (χ2v) is 13.8. The molecule has 0 aliphatic heterocycles. The number of rotatable bonds is 11. The van der Waals surface area contributed by atoms with Crippen LogP contribution in [0.5, 0.6) is 0 Å². The Bertz CT molecular complexity index is 1290. The lowest BCUT2D eigenvalue weighted by Gasteiger charge is -2.57. The van der Waals surface area contributed by atoms with E-state index in [-0.39, 0.29) is 35.3 Å². The SMILES string of the molecule is C=C[C@@]12CCc3cc(NS(=O)(=O)O)cc(CCCCCC(O)C(F)(F)C(F)(F)C(F)(F)F)c3[C@H]1CC[C@]1(C)CCC[C@H]12. The van der Waals surface area contributed by atoms with Crippen LogP contribution in [0.1, 0.15) is 93.7 Å². The van der Waals surface area contributed by atoms with Crippen LogP contribution in [0.2, 0.25) is 0 Å². The molecule has 13 heteroatoms. The van der Waals surface area contributed by atoms with Crippen LogP contribution in [0, 0.1) is 16.7 Å². The lowest BCUT2D eigenvalue weighted by Crippen LogP contribution is -2.57. The van der Waals surface area contributed by atoms with Crippen molar-refractivity contribution in [3.8, 4) is 0 Å². The number of benzene rings is 1. The molecule has 5 nitrogen and oxygen atoms in total. The molecule has 0 radical (unpaired) electrons. The number of alkyl halides is 7. The van der Waals surface area contributed by atoms with E-state index in [1.165, 1.54) is 0 Å². The van der Waals surface area contributed by atoms with Gasteiger partial charge in [0, 0.05) is 0 Å². The highest BCUT2D eigenvalue weighted by atomic mass is 32.2. The van der Waals surface area contributed by atoms with Gasteiger partial charge in [-0.1, -0.05) is 32.3 Å². The van der Waals surface area contributed by atoms with Crippen molar-refractivity contribution in [1.29, 1.82) is 0 Å². The average Bonchev–Trinajstić information content (AvgIpc) is 3.28. The molecule has 0 aromatic heterocycles. The van der Waals surface area contributed by atoms with Crippen LogP contribution in [0.25, 0.3) is 0 Å². The lowest BCUT2D eigenvalue weighted by atomic mass is 9.47. The van der Waals surface area contributed by atoms with E-state index in [2.05, 4.69) is 24.3 Å². The van der Waals surface area contributed by atoms with Crippen molar-refractivity contribution < 1.29 is 48.8 Å². The second kappa shape index (κ2) is 11.3. The third kappa shape index (κ3) is 5.81. The number of fused-ring (bicyclic) bond motifs is 5. The first kappa shape index (κ1) is 33.0. The number of aliphatic hydroxyl groups excluding tert-OH is 1. The minimum absolute atomic E-state index is 0.120. The number of aliphatic hydroxyl groups is 1. The molecule has 3 N–H and O–H groups in total. The van der Waals surface area contributed by atoms with Crippen molar-refractivity contribution in [1.82, 2.24) is 0 Å². The summed E-state index contributed by atoms with van der Waals surface area (Å²) in [6.45, 7) is 6.58. The van der Waals surface area contributed by atoms with Crippen LogP contribution in [0.4, 0.5) is 36.4 Å². The van der Waals surface area contributed by atoms with Gasteiger partial charge in [-0.3, -0.25) is 9.27 Å². The van der Waals surface area contributed by atoms with Gasteiger partial charge < -0.3 is 5.11 Å². The third-order valence-corrected chi connectivity index (χ3v) is 10.6. The first-order chi connectivity index (χ1) is 19.3. The van der Waals surface area contributed by atoms with Gasteiger partial charge in [0.2, 0.25) is 0 Å². The summed E-state index contributed by atoms with van der Waals surface area (Å²) in [6.07, 6.45) is -1.16. The minimum atomic E-state index is -6.51. The Balaban J connectivity index is 1.54. The molecule has 1 aromatic carbocycles. The highest BCUT2D eigenvalue weighted by Crippen LogP contribution is 2.68. The van der Waals surface area contributed by atoms with Crippen LogP contribution >= 0.6 is 0 Å². The maximum Gasteiger partial charge on any atom is 0.459 e. The Labute approximate surface area is 241 Å². The first-order valence-corrected chi connectivity index (χ1v) is 15.8. The molecule has 5 atom stereocenters. The first-order valence-electron chi connectivity index (χ1n) is 14.3. The van der Waals surface area contributed by atoms with E-state index in [0.29, 0.717) is 25.2 Å². The third-order valence-electron chi connectivity index (χ3n) is 10.2. The Morgan fingerprint density at radius 1 is 1.07 bits per heavy atom. The van der Waals surface area contributed by atoms with Gasteiger partial charge in [-0.05, 0) is 109 Å². The number of hydrogen-bond donors (Lipinski definition) is 3. The van der Waals surface area contributed by atoms with E-state index in [4.69, 9.17) is 0 Å². The van der Waals surface area contributed by atoms with Crippen LogP contribution < -0.4 is 4.72 Å². The fraction of sp³-hybridized carbons (Fsp3) is 0.724. The summed E-state index contributed by atoms with van der Waals surface area (Å²) in [7, 11) is -4.56. The maximum atomic E-state index is 13.8. The molecule has 1 unspecified atom stereocenters. The van der Waals surface area contributed by atoms with Crippen molar-refractivity contribution >= 4 is 16.0 Å². The van der Waals surface area contributed by atoms with Crippen LogP contribution in [-0.2, 0) is 23.1 Å². The molecule has 0 heterocycles. The smallest absolute Gasteiger partial charge is 0.387 e. The molecular formula is C29H38F7NO4S. The number of unbranched alkanes of at least 4 members (excludes halogenated alkanes) is 2. The van der Waals surface area contributed by atoms with Crippen molar-refractivity contribution in [2.24, 2.45) is 16.7 Å². The Morgan fingerprint density at radius 2 is 1.76 bits per heavy atom. The molecule has 238 valence electrons. The molecule has 1 aromatic rings. The van der Waals surface area contributed by atoms with Crippen molar-refractivity contribution in [3.05, 3.63) is 41.5 Å². The molecule has 0 amide bonds. The number of aryl methyl sites for hydroxylation is 2. The highest BCUT2D eigenvalue weighted by Gasteiger charge is 2.75. The highest BCUT2D eigenvalue weighted by molar-refractivity contribution is 7.87. The minimum Gasteiger partial charge on any atom is -0.387 e. The van der Waals surface area contributed by atoms with Gasteiger partial charge in [-0.2, -0.15) is 39.2 Å². The molecule has 2 saturated carbocycles. The predicted octanol–water partition coefficient (Wildman–Crippen LogP) is 8.00. The van der Waals surface area contributed by atoms with E-state index in [0.717, 1.165) is 55.2 Å². The van der Waals surface area contributed by atoms with Crippen molar-refractivity contribution in [2.45, 2.75) is 114 Å². The largest absolute Gasteiger partial charge is 0.459 e. The van der Waals surface area contributed by atoms with E-state index in [1.54, 1.807) is 12.1 Å². The summed E-state index contributed by atoms with van der Waals surface area (Å²) in [5.41, 5.74) is 3.04. The zero-order valence-corrected chi connectivity index (χ0v) is 24.2. The molecule has 42 heavy (non-hydrogen) atoms. The fourth-order valence-electron chi connectivity index (χ4n) is 8.19. The second-order valence-electron chi connectivity index (χ2n) is 12.6. The van der Waals surface area contributed by atoms with Crippen LogP contribution in [-0.4, -0.2) is 42.2 Å². The standard InChI is InChI=1S/C29H38F7NO4S/c1-3-26-15-11-19-17-20(37-42(39,40)41)16-18(24(19)21(26)12-14-25(2)13-7-9-22(25)26)8-5-4-6-10-23(38)27(30,31)28(32,33)29(34,35)36/h3,16-17,21-23,37-38H,1,4-15H2,2H3,(H,39,40,41)/t21-,22-,23?,25+,26-/m1/s1. The number of hydrogen-bond acceptors (Lipinski definition) is 3. The Morgan fingerprint density at radius 3 is 2.38 bits per heavy atom.